The van der Waals surface area contributed by atoms with Gasteiger partial charge in [0.2, 0.25) is 0 Å². The topological polar surface area (TPSA) is 78.5 Å². The van der Waals surface area contributed by atoms with E-state index in [2.05, 4.69) is 19.8 Å². The lowest BCUT2D eigenvalue weighted by molar-refractivity contribution is 0.188. The standard InChI is InChI=1S/C12H21N5O/c1-2-11-14-10(13)9-12(15-11)17-5-3-16(4-6-17)7-8-18/h9,18H,2-8H2,1H3,(H2,13,14,15). The smallest absolute Gasteiger partial charge is 0.134 e. The summed E-state index contributed by atoms with van der Waals surface area (Å²) >= 11 is 0. The number of nitrogens with zero attached hydrogens (tertiary/aromatic N) is 4. The number of aromatic nitrogens is 2. The number of nitrogen functional groups attached to an aromatic ring is 1. The average molecular weight is 251 g/mol. The molecule has 2 heterocycles. The van der Waals surface area contributed by atoms with E-state index in [1.54, 1.807) is 0 Å². The summed E-state index contributed by atoms with van der Waals surface area (Å²) in [4.78, 5) is 13.2. The lowest BCUT2D eigenvalue weighted by Crippen LogP contribution is -2.47. The first-order valence-corrected chi connectivity index (χ1v) is 6.44. The van der Waals surface area contributed by atoms with E-state index in [0.29, 0.717) is 5.82 Å². The monoisotopic (exact) mass is 251 g/mol. The fourth-order valence-electron chi connectivity index (χ4n) is 2.17. The Morgan fingerprint density at radius 2 is 2.00 bits per heavy atom. The van der Waals surface area contributed by atoms with Gasteiger partial charge in [0.1, 0.15) is 17.5 Å². The maximum Gasteiger partial charge on any atom is 0.134 e. The van der Waals surface area contributed by atoms with Crippen molar-refractivity contribution in [3.63, 3.8) is 0 Å². The van der Waals surface area contributed by atoms with E-state index in [1.807, 2.05) is 13.0 Å². The predicted octanol–water partition coefficient (Wildman–Crippen LogP) is -0.264. The number of aryl methyl sites for hydroxylation is 1. The molecule has 0 saturated carbocycles. The highest BCUT2D eigenvalue weighted by molar-refractivity contribution is 5.47. The number of nitrogens with two attached hydrogens (primary N) is 1. The van der Waals surface area contributed by atoms with Gasteiger partial charge < -0.3 is 15.7 Å². The van der Waals surface area contributed by atoms with Gasteiger partial charge in [0.15, 0.2) is 0 Å². The molecule has 6 nitrogen and oxygen atoms in total. The van der Waals surface area contributed by atoms with Crippen LogP contribution in [0.15, 0.2) is 6.07 Å². The van der Waals surface area contributed by atoms with Gasteiger partial charge in [-0.25, -0.2) is 9.97 Å². The third-order valence-corrected chi connectivity index (χ3v) is 3.21. The van der Waals surface area contributed by atoms with Crippen molar-refractivity contribution in [2.45, 2.75) is 13.3 Å². The van der Waals surface area contributed by atoms with Crippen molar-refractivity contribution in [3.05, 3.63) is 11.9 Å². The first-order chi connectivity index (χ1) is 8.72. The van der Waals surface area contributed by atoms with Gasteiger partial charge in [-0.05, 0) is 0 Å². The van der Waals surface area contributed by atoms with Crippen molar-refractivity contribution in [1.82, 2.24) is 14.9 Å². The van der Waals surface area contributed by atoms with Crippen molar-refractivity contribution in [1.29, 1.82) is 0 Å². The zero-order valence-corrected chi connectivity index (χ0v) is 10.8. The Labute approximate surface area is 107 Å². The molecule has 1 aromatic heterocycles. The summed E-state index contributed by atoms with van der Waals surface area (Å²) in [5.74, 6) is 2.25. The summed E-state index contributed by atoms with van der Waals surface area (Å²) in [6, 6.07) is 1.83. The van der Waals surface area contributed by atoms with Crippen LogP contribution in [0.1, 0.15) is 12.7 Å². The van der Waals surface area contributed by atoms with Crippen LogP contribution in [0.2, 0.25) is 0 Å². The molecule has 1 aromatic rings. The van der Waals surface area contributed by atoms with E-state index in [4.69, 9.17) is 10.8 Å². The zero-order chi connectivity index (χ0) is 13.0. The number of β-amino-alcohol motifs (C(OH)–C–C–N with tert-alkyl or cyclic N) is 1. The Balaban J connectivity index is 2.02. The molecule has 3 N–H and O–H groups in total. The van der Waals surface area contributed by atoms with Crippen LogP contribution in [-0.4, -0.2) is 59.3 Å². The van der Waals surface area contributed by atoms with Crippen LogP contribution >= 0.6 is 0 Å². The normalized spacial score (nSPS) is 17.1. The van der Waals surface area contributed by atoms with Crippen LogP contribution in [0.5, 0.6) is 0 Å². The van der Waals surface area contributed by atoms with E-state index in [9.17, 15) is 0 Å². The highest BCUT2D eigenvalue weighted by Gasteiger charge is 2.18. The SMILES string of the molecule is CCc1nc(N)cc(N2CCN(CCO)CC2)n1. The van der Waals surface area contributed by atoms with Gasteiger partial charge >= 0.3 is 0 Å². The molecule has 0 aromatic carbocycles. The van der Waals surface area contributed by atoms with Crippen molar-refractivity contribution in [3.8, 4) is 0 Å². The van der Waals surface area contributed by atoms with Crippen LogP contribution in [0, 0.1) is 0 Å². The number of aliphatic hydroxyl groups is 1. The summed E-state index contributed by atoms with van der Waals surface area (Å²) in [6.07, 6.45) is 0.794. The minimum absolute atomic E-state index is 0.223. The first kappa shape index (κ1) is 13.0. The van der Waals surface area contributed by atoms with Crippen LogP contribution in [0.25, 0.3) is 0 Å². The lowest BCUT2D eigenvalue weighted by atomic mass is 10.3. The molecular weight excluding hydrogens is 230 g/mol. The van der Waals surface area contributed by atoms with Gasteiger partial charge in [0, 0.05) is 45.2 Å². The first-order valence-electron chi connectivity index (χ1n) is 6.44. The van der Waals surface area contributed by atoms with Gasteiger partial charge in [-0.2, -0.15) is 0 Å². The van der Waals surface area contributed by atoms with Gasteiger partial charge in [0.05, 0.1) is 6.61 Å². The maximum absolute atomic E-state index is 8.91. The summed E-state index contributed by atoms with van der Waals surface area (Å²) in [5, 5.41) is 8.91. The Hall–Kier alpha value is -1.40. The van der Waals surface area contributed by atoms with E-state index in [1.165, 1.54) is 0 Å². The second kappa shape index (κ2) is 5.97. The number of piperazine rings is 1. The Bertz CT molecular complexity index is 390. The number of rotatable bonds is 4. The minimum atomic E-state index is 0.223. The van der Waals surface area contributed by atoms with Crippen LogP contribution in [-0.2, 0) is 6.42 Å². The summed E-state index contributed by atoms with van der Waals surface area (Å²) < 4.78 is 0. The van der Waals surface area contributed by atoms with E-state index in [-0.39, 0.29) is 6.61 Å². The Morgan fingerprint density at radius 1 is 1.28 bits per heavy atom. The molecule has 6 heteroatoms. The Kier molecular flexibility index (Phi) is 4.33. The van der Waals surface area contributed by atoms with Crippen molar-refractivity contribution in [2.75, 3.05) is 50.0 Å². The molecule has 1 saturated heterocycles. The van der Waals surface area contributed by atoms with Gasteiger partial charge in [-0.3, -0.25) is 4.90 Å². The summed E-state index contributed by atoms with van der Waals surface area (Å²) in [5.41, 5.74) is 5.80. The molecule has 2 rings (SSSR count). The van der Waals surface area contributed by atoms with Gasteiger partial charge in [0.25, 0.3) is 0 Å². The fourth-order valence-corrected chi connectivity index (χ4v) is 2.17. The summed E-state index contributed by atoms with van der Waals surface area (Å²) in [6.45, 7) is 6.73. The predicted molar refractivity (Wildman–Crippen MR) is 71.6 cm³/mol. The Morgan fingerprint density at radius 3 is 2.61 bits per heavy atom. The molecule has 1 fully saturated rings. The largest absolute Gasteiger partial charge is 0.395 e. The van der Waals surface area contributed by atoms with E-state index >= 15 is 0 Å². The van der Waals surface area contributed by atoms with Crippen LogP contribution in [0.3, 0.4) is 0 Å². The molecule has 0 unspecified atom stereocenters. The van der Waals surface area contributed by atoms with Crippen LogP contribution in [0.4, 0.5) is 11.6 Å². The molecule has 0 bridgehead atoms. The number of hydrogen-bond donors (Lipinski definition) is 2. The van der Waals surface area contributed by atoms with E-state index < -0.39 is 0 Å². The second-order valence-corrected chi connectivity index (χ2v) is 4.47. The van der Waals surface area contributed by atoms with Crippen molar-refractivity contribution >= 4 is 11.6 Å². The molecule has 18 heavy (non-hydrogen) atoms. The second-order valence-electron chi connectivity index (χ2n) is 4.47. The van der Waals surface area contributed by atoms with E-state index in [0.717, 1.165) is 50.8 Å². The third kappa shape index (κ3) is 3.08. The molecule has 100 valence electrons. The zero-order valence-electron chi connectivity index (χ0n) is 10.8. The quantitative estimate of drug-likeness (QED) is 0.767. The highest BCUT2D eigenvalue weighted by Crippen LogP contribution is 2.16. The van der Waals surface area contributed by atoms with Crippen molar-refractivity contribution < 1.29 is 5.11 Å². The average Bonchev–Trinajstić information content (AvgIpc) is 2.39. The minimum Gasteiger partial charge on any atom is -0.395 e. The molecule has 0 spiro atoms. The molecule has 0 amide bonds. The highest BCUT2D eigenvalue weighted by atomic mass is 16.3. The summed E-state index contributed by atoms with van der Waals surface area (Å²) in [7, 11) is 0. The molecule has 1 aliphatic heterocycles. The number of hydrogen-bond acceptors (Lipinski definition) is 6. The molecule has 0 atom stereocenters. The molecule has 1 aliphatic rings. The van der Waals surface area contributed by atoms with Gasteiger partial charge in [-0.15, -0.1) is 0 Å². The van der Waals surface area contributed by atoms with Crippen LogP contribution < -0.4 is 10.6 Å². The molecule has 0 aliphatic carbocycles. The van der Waals surface area contributed by atoms with Gasteiger partial charge in [-0.1, -0.05) is 6.92 Å². The molecular formula is C12H21N5O. The number of anilines is 2. The number of aliphatic hydroxyl groups excluding tert-OH is 1. The fraction of sp³-hybridized carbons (Fsp3) is 0.667. The maximum atomic E-state index is 8.91. The third-order valence-electron chi connectivity index (χ3n) is 3.21. The lowest BCUT2D eigenvalue weighted by Gasteiger charge is -2.35. The molecule has 0 radical (unpaired) electrons. The van der Waals surface area contributed by atoms with Crippen molar-refractivity contribution in [2.24, 2.45) is 0 Å².